The second kappa shape index (κ2) is 9.87. The fourth-order valence-corrected chi connectivity index (χ4v) is 3.83. The Bertz CT molecular complexity index is 855. The third-order valence-electron chi connectivity index (χ3n) is 5.73. The van der Waals surface area contributed by atoms with Crippen molar-refractivity contribution in [3.63, 3.8) is 0 Å². The molecule has 1 saturated carbocycles. The minimum atomic E-state index is -0.155. The minimum absolute atomic E-state index is 0.0381. The maximum absolute atomic E-state index is 13.0. The lowest BCUT2D eigenvalue weighted by Crippen LogP contribution is -2.32. The van der Waals surface area contributed by atoms with E-state index >= 15 is 0 Å². The molecule has 29 heavy (non-hydrogen) atoms. The van der Waals surface area contributed by atoms with Crippen LogP contribution in [-0.4, -0.2) is 41.1 Å². The van der Waals surface area contributed by atoms with Gasteiger partial charge in [-0.05, 0) is 38.3 Å². The Morgan fingerprint density at radius 3 is 2.72 bits per heavy atom. The highest BCUT2D eigenvalue weighted by molar-refractivity contribution is 6.07. The van der Waals surface area contributed by atoms with Crippen molar-refractivity contribution in [2.75, 3.05) is 19.0 Å². The van der Waals surface area contributed by atoms with Gasteiger partial charge < -0.3 is 19.9 Å². The van der Waals surface area contributed by atoms with Gasteiger partial charge in [0.15, 0.2) is 0 Å². The van der Waals surface area contributed by atoms with E-state index in [-0.39, 0.29) is 23.8 Å². The highest BCUT2D eigenvalue weighted by Gasteiger charge is 2.23. The molecule has 0 saturated heterocycles. The first-order valence-electron chi connectivity index (χ1n) is 10.6. The standard InChI is InChI=1S/C22H32N4O3/c1-4-15(2)24-22(28)18-12-17(25-21(27)16-8-6-5-7-9-16)13-19-20(18)26(14-23-19)10-11-29-3/h12-16H,4-11H2,1-3H3,(H,24,28)(H,25,27)/t15-/m1/s1. The number of aromatic nitrogens is 2. The molecule has 3 rings (SSSR count). The SMILES string of the molecule is CC[C@@H](C)NC(=O)c1cc(NC(=O)C2CCCCC2)cc2ncn(CCOC)c12. The molecular formula is C22H32N4O3. The molecule has 0 radical (unpaired) electrons. The highest BCUT2D eigenvalue weighted by Crippen LogP contribution is 2.27. The topological polar surface area (TPSA) is 85.3 Å². The van der Waals surface area contributed by atoms with Gasteiger partial charge in [-0.15, -0.1) is 0 Å². The van der Waals surface area contributed by atoms with Crippen molar-refractivity contribution in [3.05, 3.63) is 24.0 Å². The maximum Gasteiger partial charge on any atom is 0.253 e. The van der Waals surface area contributed by atoms with Gasteiger partial charge in [-0.2, -0.15) is 0 Å². The molecule has 1 heterocycles. The number of carbonyl (C=O) groups excluding carboxylic acids is 2. The van der Waals surface area contributed by atoms with Gasteiger partial charge in [0.25, 0.3) is 5.91 Å². The molecule has 7 nitrogen and oxygen atoms in total. The van der Waals surface area contributed by atoms with E-state index in [0.29, 0.717) is 29.9 Å². The van der Waals surface area contributed by atoms with Crippen LogP contribution in [0, 0.1) is 5.92 Å². The molecule has 1 fully saturated rings. The van der Waals surface area contributed by atoms with Crippen LogP contribution in [0.1, 0.15) is 62.7 Å². The molecule has 2 amide bonds. The Morgan fingerprint density at radius 2 is 2.03 bits per heavy atom. The van der Waals surface area contributed by atoms with Crippen molar-refractivity contribution in [2.24, 2.45) is 5.92 Å². The molecule has 2 aromatic rings. The van der Waals surface area contributed by atoms with Gasteiger partial charge in [0, 0.05) is 31.3 Å². The molecule has 0 aliphatic heterocycles. The van der Waals surface area contributed by atoms with Crippen LogP contribution in [0.25, 0.3) is 11.0 Å². The largest absolute Gasteiger partial charge is 0.383 e. The number of hydrogen-bond donors (Lipinski definition) is 2. The number of imidazole rings is 1. The third kappa shape index (κ3) is 5.15. The van der Waals surface area contributed by atoms with Crippen molar-refractivity contribution in [1.29, 1.82) is 0 Å². The molecular weight excluding hydrogens is 368 g/mol. The Hall–Kier alpha value is -2.41. The predicted octanol–water partition coefficient (Wildman–Crippen LogP) is 3.73. The molecule has 0 bridgehead atoms. The summed E-state index contributed by atoms with van der Waals surface area (Å²) in [7, 11) is 1.65. The van der Waals surface area contributed by atoms with Crippen molar-refractivity contribution in [1.82, 2.24) is 14.9 Å². The summed E-state index contributed by atoms with van der Waals surface area (Å²) in [6.07, 6.45) is 7.83. The quantitative estimate of drug-likeness (QED) is 0.707. The molecule has 1 aliphatic carbocycles. The Morgan fingerprint density at radius 1 is 1.28 bits per heavy atom. The molecule has 1 aliphatic rings. The molecule has 0 unspecified atom stereocenters. The summed E-state index contributed by atoms with van der Waals surface area (Å²) in [6, 6.07) is 3.68. The number of anilines is 1. The van der Waals surface area contributed by atoms with Crippen LogP contribution >= 0.6 is 0 Å². The van der Waals surface area contributed by atoms with Crippen LogP contribution < -0.4 is 10.6 Å². The molecule has 7 heteroatoms. The van der Waals surface area contributed by atoms with E-state index in [2.05, 4.69) is 15.6 Å². The van der Waals surface area contributed by atoms with Gasteiger partial charge in [0.2, 0.25) is 5.91 Å². The Kier molecular flexibility index (Phi) is 7.25. The molecule has 0 spiro atoms. The normalized spacial score (nSPS) is 16.0. The van der Waals surface area contributed by atoms with Crippen LogP contribution in [0.5, 0.6) is 0 Å². The number of rotatable bonds is 8. The summed E-state index contributed by atoms with van der Waals surface area (Å²) in [5.74, 6) is -0.0653. The van der Waals surface area contributed by atoms with Crippen molar-refractivity contribution in [2.45, 2.75) is 65.0 Å². The van der Waals surface area contributed by atoms with Gasteiger partial charge in [-0.1, -0.05) is 26.2 Å². The van der Waals surface area contributed by atoms with Gasteiger partial charge in [-0.25, -0.2) is 4.98 Å². The van der Waals surface area contributed by atoms with E-state index in [4.69, 9.17) is 4.74 Å². The minimum Gasteiger partial charge on any atom is -0.383 e. The van der Waals surface area contributed by atoms with Crippen LogP contribution in [0.3, 0.4) is 0 Å². The Labute approximate surface area is 172 Å². The summed E-state index contributed by atoms with van der Waals surface area (Å²) in [4.78, 5) is 30.2. The van der Waals surface area contributed by atoms with E-state index in [9.17, 15) is 9.59 Å². The zero-order valence-electron chi connectivity index (χ0n) is 17.7. The van der Waals surface area contributed by atoms with Crippen LogP contribution in [0.15, 0.2) is 18.5 Å². The van der Waals surface area contributed by atoms with Crippen molar-refractivity contribution in [3.8, 4) is 0 Å². The molecule has 2 N–H and O–H groups in total. The number of nitrogens with zero attached hydrogens (tertiary/aromatic N) is 2. The van der Waals surface area contributed by atoms with Crippen LogP contribution in [0.2, 0.25) is 0 Å². The fraction of sp³-hybridized carbons (Fsp3) is 0.591. The number of methoxy groups -OCH3 is 1. The summed E-state index contributed by atoms with van der Waals surface area (Å²) in [5, 5.41) is 6.06. The summed E-state index contributed by atoms with van der Waals surface area (Å²) < 4.78 is 7.11. The molecule has 158 valence electrons. The number of fused-ring (bicyclic) bond motifs is 1. The Balaban J connectivity index is 1.92. The first kappa shape index (κ1) is 21.3. The summed E-state index contributed by atoms with van der Waals surface area (Å²) in [5.41, 5.74) is 2.60. The van der Waals surface area contributed by atoms with Gasteiger partial charge in [0.1, 0.15) is 0 Å². The van der Waals surface area contributed by atoms with Gasteiger partial charge >= 0.3 is 0 Å². The number of hydrogen-bond acceptors (Lipinski definition) is 4. The van der Waals surface area contributed by atoms with Crippen LogP contribution in [0.4, 0.5) is 5.69 Å². The van der Waals surface area contributed by atoms with E-state index < -0.39 is 0 Å². The first-order chi connectivity index (χ1) is 14.0. The number of carbonyl (C=O) groups is 2. The first-order valence-corrected chi connectivity index (χ1v) is 10.6. The number of nitrogens with one attached hydrogen (secondary N) is 2. The lowest BCUT2D eigenvalue weighted by Gasteiger charge is -2.21. The van der Waals surface area contributed by atoms with E-state index in [0.717, 1.165) is 37.6 Å². The lowest BCUT2D eigenvalue weighted by atomic mass is 9.88. The van der Waals surface area contributed by atoms with E-state index in [1.165, 1.54) is 6.42 Å². The van der Waals surface area contributed by atoms with Crippen LogP contribution in [-0.2, 0) is 16.1 Å². The lowest BCUT2D eigenvalue weighted by molar-refractivity contribution is -0.120. The van der Waals surface area contributed by atoms with Crippen molar-refractivity contribution < 1.29 is 14.3 Å². The monoisotopic (exact) mass is 400 g/mol. The molecule has 1 atom stereocenters. The number of ether oxygens (including phenoxy) is 1. The number of amides is 2. The highest BCUT2D eigenvalue weighted by atomic mass is 16.5. The average molecular weight is 401 g/mol. The molecule has 1 aromatic carbocycles. The zero-order chi connectivity index (χ0) is 20.8. The average Bonchev–Trinajstić information content (AvgIpc) is 3.14. The van der Waals surface area contributed by atoms with Crippen molar-refractivity contribution >= 4 is 28.5 Å². The van der Waals surface area contributed by atoms with E-state index in [1.54, 1.807) is 19.5 Å². The second-order valence-electron chi connectivity index (χ2n) is 7.93. The summed E-state index contributed by atoms with van der Waals surface area (Å²) >= 11 is 0. The van der Waals surface area contributed by atoms with E-state index in [1.807, 2.05) is 24.5 Å². The summed E-state index contributed by atoms with van der Waals surface area (Å²) in [6.45, 7) is 5.14. The fourth-order valence-electron chi connectivity index (χ4n) is 3.83. The second-order valence-corrected chi connectivity index (χ2v) is 7.93. The smallest absolute Gasteiger partial charge is 0.253 e. The maximum atomic E-state index is 13.0. The third-order valence-corrected chi connectivity index (χ3v) is 5.73. The molecule has 1 aromatic heterocycles. The predicted molar refractivity (Wildman–Crippen MR) is 114 cm³/mol. The van der Waals surface area contributed by atoms with Gasteiger partial charge in [0.05, 0.1) is 29.5 Å². The zero-order valence-corrected chi connectivity index (χ0v) is 17.7. The number of benzene rings is 1. The van der Waals surface area contributed by atoms with Gasteiger partial charge in [-0.3, -0.25) is 9.59 Å².